The Morgan fingerprint density at radius 1 is 0.682 bits per heavy atom. The fourth-order valence-electron chi connectivity index (χ4n) is 3.04. The molecule has 0 spiro atoms. The van der Waals surface area contributed by atoms with E-state index in [4.69, 9.17) is 4.98 Å². The van der Waals surface area contributed by atoms with E-state index in [0.717, 1.165) is 16.7 Å². The summed E-state index contributed by atoms with van der Waals surface area (Å²) in [5.74, 6) is 0. The first-order chi connectivity index (χ1) is 10.6. The van der Waals surface area contributed by atoms with E-state index in [0.29, 0.717) is 0 Å². The van der Waals surface area contributed by atoms with Gasteiger partial charge in [-0.15, -0.1) is 0 Å². The van der Waals surface area contributed by atoms with Crippen molar-refractivity contribution in [3.8, 4) is 0 Å². The number of nitrogens with zero attached hydrogens (tertiary/aromatic N) is 2. The predicted molar refractivity (Wildman–Crippen MR) is 93.3 cm³/mol. The second-order valence-corrected chi connectivity index (χ2v) is 6.79. The third-order valence-electron chi connectivity index (χ3n) is 4.20. The summed E-state index contributed by atoms with van der Waals surface area (Å²) in [6.45, 7) is 6.58. The maximum Gasteiger partial charge on any atom is 0.0974 e. The molecule has 0 bridgehead atoms. The van der Waals surface area contributed by atoms with Crippen molar-refractivity contribution in [3.63, 3.8) is 0 Å². The summed E-state index contributed by atoms with van der Waals surface area (Å²) in [5.41, 5.74) is 3.12. The van der Waals surface area contributed by atoms with E-state index in [2.05, 4.69) is 68.2 Å². The largest absolute Gasteiger partial charge is 0.254 e. The van der Waals surface area contributed by atoms with Gasteiger partial charge in [-0.3, -0.25) is 4.98 Å². The lowest BCUT2D eigenvalue weighted by molar-refractivity contribution is 0.571. The van der Waals surface area contributed by atoms with Crippen LogP contribution >= 0.6 is 0 Å². The molecule has 0 atom stereocenters. The second-order valence-electron chi connectivity index (χ2n) is 6.79. The highest BCUT2D eigenvalue weighted by Crippen LogP contribution is 2.34. The van der Waals surface area contributed by atoms with Crippen LogP contribution in [0.4, 0.5) is 0 Å². The minimum Gasteiger partial charge on any atom is -0.254 e. The Balaban J connectivity index is 2.27. The number of aromatic nitrogens is 2. The van der Waals surface area contributed by atoms with E-state index in [1.807, 2.05) is 12.3 Å². The Morgan fingerprint density at radius 2 is 1.32 bits per heavy atom. The average molecular weight is 286 g/mol. The molecule has 0 aliphatic carbocycles. The number of hydrogen-bond donors (Lipinski definition) is 0. The van der Waals surface area contributed by atoms with E-state index < -0.39 is 0 Å². The zero-order chi connectivity index (χ0) is 15.3. The van der Waals surface area contributed by atoms with Gasteiger partial charge in [0.05, 0.1) is 11.0 Å². The first-order valence-electron chi connectivity index (χ1n) is 7.62. The van der Waals surface area contributed by atoms with Crippen LogP contribution in [-0.2, 0) is 5.41 Å². The Morgan fingerprint density at radius 3 is 2.00 bits per heavy atom. The van der Waals surface area contributed by atoms with Crippen molar-refractivity contribution < 1.29 is 0 Å². The van der Waals surface area contributed by atoms with Crippen molar-refractivity contribution >= 4 is 32.6 Å². The van der Waals surface area contributed by atoms with Crippen LogP contribution in [0, 0.1) is 0 Å². The summed E-state index contributed by atoms with van der Waals surface area (Å²) in [6.07, 6.45) is 1.85. The number of pyridine rings is 2. The lowest BCUT2D eigenvalue weighted by Gasteiger charge is -2.19. The van der Waals surface area contributed by atoms with E-state index in [-0.39, 0.29) is 5.41 Å². The van der Waals surface area contributed by atoms with Crippen molar-refractivity contribution in [2.24, 2.45) is 0 Å². The summed E-state index contributed by atoms with van der Waals surface area (Å²) in [6, 6.07) is 17.0. The molecule has 2 nitrogen and oxygen atoms in total. The Hall–Kier alpha value is -2.48. The third-order valence-corrected chi connectivity index (χ3v) is 4.20. The minimum absolute atomic E-state index is 0.0287. The van der Waals surface area contributed by atoms with Crippen molar-refractivity contribution in [2.75, 3.05) is 0 Å². The molecule has 0 fully saturated rings. The molecule has 0 amide bonds. The van der Waals surface area contributed by atoms with E-state index >= 15 is 0 Å². The van der Waals surface area contributed by atoms with Crippen LogP contribution in [0.3, 0.4) is 0 Å². The topological polar surface area (TPSA) is 25.8 Å². The molecular formula is C20H18N2. The predicted octanol–water partition coefficient (Wildman–Crippen LogP) is 5.23. The van der Waals surface area contributed by atoms with Crippen LogP contribution in [0.5, 0.6) is 0 Å². The first kappa shape index (κ1) is 13.2. The van der Waals surface area contributed by atoms with Crippen molar-refractivity contribution in [1.82, 2.24) is 9.97 Å². The molecule has 0 aliphatic rings. The van der Waals surface area contributed by atoms with Crippen molar-refractivity contribution in [2.45, 2.75) is 26.2 Å². The fraction of sp³-hybridized carbons (Fsp3) is 0.200. The first-order valence-corrected chi connectivity index (χ1v) is 7.62. The maximum absolute atomic E-state index is 4.96. The number of rotatable bonds is 0. The Kier molecular flexibility index (Phi) is 2.70. The second kappa shape index (κ2) is 4.51. The molecule has 0 N–H and O–H groups in total. The molecule has 0 saturated heterocycles. The summed E-state index contributed by atoms with van der Waals surface area (Å²) in [7, 11) is 0. The molecule has 4 rings (SSSR count). The van der Waals surface area contributed by atoms with Crippen LogP contribution in [0.1, 0.15) is 26.5 Å². The fourth-order valence-corrected chi connectivity index (χ4v) is 3.04. The van der Waals surface area contributed by atoms with E-state index in [1.54, 1.807) is 0 Å². The number of benzene rings is 2. The number of fused-ring (bicyclic) bond motifs is 6. The zero-order valence-electron chi connectivity index (χ0n) is 13.1. The van der Waals surface area contributed by atoms with Gasteiger partial charge in [0.2, 0.25) is 0 Å². The molecule has 2 heteroatoms. The standard InChI is InChI=1S/C20H18N2/c1-20(2,3)17-11-10-16-14-8-5-4-7-13(14)15-9-6-12-21-18(15)19(16)22-17/h4-12H,1-3H3. The Labute approximate surface area is 129 Å². The summed E-state index contributed by atoms with van der Waals surface area (Å²) >= 11 is 0. The third kappa shape index (κ3) is 1.87. The highest BCUT2D eigenvalue weighted by atomic mass is 14.8. The van der Waals surface area contributed by atoms with E-state index in [1.165, 1.54) is 21.5 Å². The SMILES string of the molecule is CC(C)(C)c1ccc2c3ccccc3c3cccnc3c2n1. The van der Waals surface area contributed by atoms with Gasteiger partial charge in [-0.1, -0.05) is 57.2 Å². The van der Waals surface area contributed by atoms with Gasteiger partial charge in [-0.25, -0.2) is 4.98 Å². The normalized spacial score (nSPS) is 12.3. The molecule has 22 heavy (non-hydrogen) atoms. The van der Waals surface area contributed by atoms with Crippen LogP contribution < -0.4 is 0 Å². The quantitative estimate of drug-likeness (QED) is 0.413. The maximum atomic E-state index is 4.96. The monoisotopic (exact) mass is 286 g/mol. The van der Waals surface area contributed by atoms with Crippen LogP contribution in [0.15, 0.2) is 54.7 Å². The molecule has 0 saturated carbocycles. The summed E-state index contributed by atoms with van der Waals surface area (Å²) in [4.78, 5) is 9.58. The summed E-state index contributed by atoms with van der Waals surface area (Å²) in [5, 5.41) is 4.83. The van der Waals surface area contributed by atoms with E-state index in [9.17, 15) is 0 Å². The zero-order valence-corrected chi connectivity index (χ0v) is 13.1. The van der Waals surface area contributed by atoms with Crippen LogP contribution in [0.2, 0.25) is 0 Å². The summed E-state index contributed by atoms with van der Waals surface area (Å²) < 4.78 is 0. The van der Waals surface area contributed by atoms with Gasteiger partial charge in [-0.05, 0) is 22.9 Å². The smallest absolute Gasteiger partial charge is 0.0974 e. The molecule has 2 aromatic carbocycles. The Bertz CT molecular complexity index is 975. The highest BCUT2D eigenvalue weighted by molar-refractivity contribution is 6.22. The van der Waals surface area contributed by atoms with Crippen molar-refractivity contribution in [1.29, 1.82) is 0 Å². The van der Waals surface area contributed by atoms with Gasteiger partial charge < -0.3 is 0 Å². The average Bonchev–Trinajstić information content (AvgIpc) is 2.54. The van der Waals surface area contributed by atoms with Gasteiger partial charge in [0.25, 0.3) is 0 Å². The van der Waals surface area contributed by atoms with Gasteiger partial charge in [-0.2, -0.15) is 0 Å². The highest BCUT2D eigenvalue weighted by Gasteiger charge is 2.17. The molecule has 2 aromatic heterocycles. The molecule has 0 aliphatic heterocycles. The molecule has 0 radical (unpaired) electrons. The molecule has 2 heterocycles. The molecular weight excluding hydrogens is 268 g/mol. The molecule has 0 unspecified atom stereocenters. The van der Waals surface area contributed by atoms with Crippen molar-refractivity contribution in [3.05, 3.63) is 60.4 Å². The van der Waals surface area contributed by atoms with Crippen LogP contribution in [0.25, 0.3) is 32.6 Å². The van der Waals surface area contributed by atoms with Gasteiger partial charge in [0, 0.05) is 28.1 Å². The van der Waals surface area contributed by atoms with Gasteiger partial charge in [0.1, 0.15) is 0 Å². The van der Waals surface area contributed by atoms with Gasteiger partial charge in [0.15, 0.2) is 0 Å². The van der Waals surface area contributed by atoms with Gasteiger partial charge >= 0.3 is 0 Å². The van der Waals surface area contributed by atoms with Crippen LogP contribution in [-0.4, -0.2) is 9.97 Å². The molecule has 108 valence electrons. The lowest BCUT2D eigenvalue weighted by Crippen LogP contribution is -2.13. The molecule has 4 aromatic rings. The number of hydrogen-bond acceptors (Lipinski definition) is 2. The minimum atomic E-state index is 0.0287. The lowest BCUT2D eigenvalue weighted by atomic mass is 9.90.